The van der Waals surface area contributed by atoms with Crippen LogP contribution < -0.4 is 5.32 Å². The number of carbonyl (C=O) groups is 1. The molecule has 0 heterocycles. The van der Waals surface area contributed by atoms with E-state index < -0.39 is 15.9 Å². The highest BCUT2D eigenvalue weighted by Gasteiger charge is 2.21. The van der Waals surface area contributed by atoms with Gasteiger partial charge in [-0.15, -0.1) is 0 Å². The minimum Gasteiger partial charge on any atom is -0.323 e. The summed E-state index contributed by atoms with van der Waals surface area (Å²) in [4.78, 5) is 12.4. The summed E-state index contributed by atoms with van der Waals surface area (Å²) in [7, 11) is -3.51. The predicted molar refractivity (Wildman–Crippen MR) is 106 cm³/mol. The zero-order valence-electron chi connectivity index (χ0n) is 15.1. The smallest absolute Gasteiger partial charge is 0.239 e. The Hall–Kier alpha value is -1.89. The third-order valence-electron chi connectivity index (χ3n) is 3.98. The van der Waals surface area contributed by atoms with E-state index in [1.807, 2.05) is 50.2 Å². The second-order valence-electron chi connectivity index (χ2n) is 6.32. The first kappa shape index (κ1) is 20.4. The van der Waals surface area contributed by atoms with E-state index in [0.717, 1.165) is 22.9 Å². The molecule has 1 N–H and O–H groups in total. The summed E-state index contributed by atoms with van der Waals surface area (Å²) in [5.74, 6) is -0.419. The monoisotopic (exact) mass is 394 g/mol. The van der Waals surface area contributed by atoms with Crippen LogP contribution >= 0.6 is 11.6 Å². The van der Waals surface area contributed by atoms with Crippen molar-refractivity contribution in [3.05, 3.63) is 64.2 Å². The molecule has 0 unspecified atom stereocenters. The third-order valence-corrected chi connectivity index (χ3v) is 5.53. The summed E-state index contributed by atoms with van der Waals surface area (Å²) in [5.41, 5.74) is 3.35. The molecular formula is C19H23ClN2O3S. The Balaban J connectivity index is 2.07. The van der Waals surface area contributed by atoms with Crippen molar-refractivity contribution in [2.75, 3.05) is 24.7 Å². The van der Waals surface area contributed by atoms with Crippen LogP contribution in [0.1, 0.15) is 16.7 Å². The summed E-state index contributed by atoms with van der Waals surface area (Å²) in [6.07, 6.45) is 1.64. The lowest BCUT2D eigenvalue weighted by molar-refractivity contribution is -0.116. The number of benzene rings is 2. The van der Waals surface area contributed by atoms with E-state index in [2.05, 4.69) is 5.32 Å². The van der Waals surface area contributed by atoms with Gasteiger partial charge in [-0.3, -0.25) is 4.79 Å². The summed E-state index contributed by atoms with van der Waals surface area (Å²) in [6.45, 7) is 3.74. The fraction of sp³-hybridized carbons (Fsp3) is 0.316. The lowest BCUT2D eigenvalue weighted by Gasteiger charge is -2.20. The quantitative estimate of drug-likeness (QED) is 0.782. The molecule has 0 spiro atoms. The summed E-state index contributed by atoms with van der Waals surface area (Å²) < 4.78 is 25.3. The molecule has 0 radical (unpaired) electrons. The maximum absolute atomic E-state index is 12.4. The van der Waals surface area contributed by atoms with E-state index in [0.29, 0.717) is 17.1 Å². The van der Waals surface area contributed by atoms with Crippen molar-refractivity contribution in [3.8, 4) is 0 Å². The molecular weight excluding hydrogens is 372 g/mol. The second-order valence-corrected chi connectivity index (χ2v) is 8.71. The minimum absolute atomic E-state index is 0.233. The molecule has 0 aliphatic heterocycles. The van der Waals surface area contributed by atoms with E-state index in [1.54, 1.807) is 6.07 Å². The van der Waals surface area contributed by atoms with Crippen LogP contribution in [0, 0.1) is 13.8 Å². The van der Waals surface area contributed by atoms with E-state index in [-0.39, 0.29) is 13.1 Å². The van der Waals surface area contributed by atoms with Crippen molar-refractivity contribution >= 4 is 33.2 Å². The number of hydrogen-bond acceptors (Lipinski definition) is 3. The zero-order valence-corrected chi connectivity index (χ0v) is 16.7. The highest BCUT2D eigenvalue weighted by molar-refractivity contribution is 7.88. The Kier molecular flexibility index (Phi) is 6.81. The minimum atomic E-state index is -3.51. The highest BCUT2D eigenvalue weighted by atomic mass is 35.5. The molecule has 0 aromatic heterocycles. The Labute approximate surface area is 160 Å². The number of hydrogen-bond donors (Lipinski definition) is 1. The molecule has 1 amide bonds. The van der Waals surface area contributed by atoms with Gasteiger partial charge in [-0.2, -0.15) is 4.31 Å². The van der Waals surface area contributed by atoms with Gasteiger partial charge >= 0.3 is 0 Å². The zero-order chi connectivity index (χ0) is 19.3. The summed E-state index contributed by atoms with van der Waals surface area (Å²) >= 11 is 6.20. The van der Waals surface area contributed by atoms with Crippen LogP contribution in [0.25, 0.3) is 0 Å². The molecule has 0 bridgehead atoms. The first-order chi connectivity index (χ1) is 12.2. The highest BCUT2D eigenvalue weighted by Crippen LogP contribution is 2.27. The van der Waals surface area contributed by atoms with Crippen LogP contribution in [0.3, 0.4) is 0 Å². The largest absolute Gasteiger partial charge is 0.323 e. The maximum atomic E-state index is 12.4. The van der Waals surface area contributed by atoms with E-state index in [4.69, 9.17) is 11.6 Å². The second kappa shape index (κ2) is 8.66. The maximum Gasteiger partial charge on any atom is 0.239 e. The van der Waals surface area contributed by atoms with Crippen LogP contribution in [0.15, 0.2) is 42.5 Å². The number of sulfonamides is 1. The Bertz CT molecular complexity index is 860. The van der Waals surface area contributed by atoms with E-state index in [9.17, 15) is 13.2 Å². The Morgan fingerprint density at radius 2 is 1.81 bits per heavy atom. The molecule has 0 aliphatic rings. The van der Waals surface area contributed by atoms with Gasteiger partial charge in [-0.1, -0.05) is 48.0 Å². The number of amides is 1. The molecule has 2 rings (SSSR count). The van der Waals surface area contributed by atoms with Crippen molar-refractivity contribution in [2.24, 2.45) is 0 Å². The topological polar surface area (TPSA) is 66.5 Å². The van der Waals surface area contributed by atoms with Crippen molar-refractivity contribution in [1.29, 1.82) is 0 Å². The number of carbonyl (C=O) groups excluding carboxylic acids is 1. The first-order valence-corrected chi connectivity index (χ1v) is 10.4. The van der Waals surface area contributed by atoms with Crippen LogP contribution in [-0.4, -0.2) is 38.0 Å². The standard InChI is InChI=1S/C19H23ClN2O3S/c1-14-11-15(2)19(17(20)12-14)21-18(23)13-22(26(3,24)25)10-9-16-7-5-4-6-8-16/h4-8,11-12H,9-10,13H2,1-3H3,(H,21,23). The molecule has 5 nitrogen and oxygen atoms in total. The lowest BCUT2D eigenvalue weighted by atomic mass is 10.1. The first-order valence-electron chi connectivity index (χ1n) is 8.22. The van der Waals surface area contributed by atoms with Crippen molar-refractivity contribution < 1.29 is 13.2 Å². The van der Waals surface area contributed by atoms with Crippen molar-refractivity contribution in [3.63, 3.8) is 0 Å². The fourth-order valence-corrected chi connectivity index (χ4v) is 3.82. The Morgan fingerprint density at radius 3 is 2.38 bits per heavy atom. The number of anilines is 1. The molecule has 140 valence electrons. The molecule has 0 saturated carbocycles. The number of nitrogens with zero attached hydrogens (tertiary/aromatic N) is 1. The summed E-state index contributed by atoms with van der Waals surface area (Å²) in [5, 5.41) is 3.17. The molecule has 0 aliphatic carbocycles. The lowest BCUT2D eigenvalue weighted by Crippen LogP contribution is -2.38. The van der Waals surface area contributed by atoms with Crippen LogP contribution in [0.4, 0.5) is 5.69 Å². The molecule has 7 heteroatoms. The normalized spacial score (nSPS) is 11.6. The van der Waals surface area contributed by atoms with Gasteiger partial charge in [0.2, 0.25) is 15.9 Å². The van der Waals surface area contributed by atoms with Gasteiger partial charge in [-0.25, -0.2) is 8.42 Å². The van der Waals surface area contributed by atoms with Crippen LogP contribution in [-0.2, 0) is 21.2 Å². The van der Waals surface area contributed by atoms with Crippen LogP contribution in [0.5, 0.6) is 0 Å². The SMILES string of the molecule is Cc1cc(C)c(NC(=O)CN(CCc2ccccc2)S(C)(=O)=O)c(Cl)c1. The molecule has 26 heavy (non-hydrogen) atoms. The van der Waals surface area contributed by atoms with Crippen molar-refractivity contribution in [2.45, 2.75) is 20.3 Å². The average molecular weight is 395 g/mol. The van der Waals surface area contributed by atoms with Gasteiger partial charge < -0.3 is 5.32 Å². The van der Waals surface area contributed by atoms with E-state index >= 15 is 0 Å². The fourth-order valence-electron chi connectivity index (χ4n) is 2.67. The number of halogens is 1. The van der Waals surface area contributed by atoms with Gasteiger partial charge in [0.05, 0.1) is 23.5 Å². The number of rotatable bonds is 7. The molecule has 0 fully saturated rings. The third kappa shape index (κ3) is 5.83. The van der Waals surface area contributed by atoms with Crippen molar-refractivity contribution in [1.82, 2.24) is 4.31 Å². The average Bonchev–Trinajstić information content (AvgIpc) is 2.54. The van der Waals surface area contributed by atoms with E-state index in [1.165, 1.54) is 4.31 Å². The molecule has 0 saturated heterocycles. The van der Waals surface area contributed by atoms with Gasteiger partial charge in [0, 0.05) is 6.54 Å². The number of aryl methyl sites for hydroxylation is 2. The summed E-state index contributed by atoms with van der Waals surface area (Å²) in [6, 6.07) is 13.2. The van der Waals surface area contributed by atoms with Gasteiger partial charge in [-0.05, 0) is 43.0 Å². The Morgan fingerprint density at radius 1 is 1.15 bits per heavy atom. The van der Waals surface area contributed by atoms with Gasteiger partial charge in [0.25, 0.3) is 0 Å². The van der Waals surface area contributed by atoms with Gasteiger partial charge in [0.15, 0.2) is 0 Å². The molecule has 2 aromatic carbocycles. The molecule has 0 atom stereocenters. The molecule has 2 aromatic rings. The predicted octanol–water partition coefficient (Wildman–Crippen LogP) is 3.40. The number of nitrogens with one attached hydrogen (secondary N) is 1. The van der Waals surface area contributed by atoms with Gasteiger partial charge in [0.1, 0.15) is 0 Å². The van der Waals surface area contributed by atoms with Crippen LogP contribution in [0.2, 0.25) is 5.02 Å².